The summed E-state index contributed by atoms with van der Waals surface area (Å²) in [5.74, 6) is 3.76. The van der Waals surface area contributed by atoms with Gasteiger partial charge < -0.3 is 14.8 Å². The van der Waals surface area contributed by atoms with Gasteiger partial charge in [0.25, 0.3) is 0 Å². The molecule has 0 saturated heterocycles. The van der Waals surface area contributed by atoms with Gasteiger partial charge in [0.2, 0.25) is 11.1 Å². The number of allylic oxidation sites excluding steroid dienone is 2. The predicted molar refractivity (Wildman–Crippen MR) is 140 cm³/mol. The third-order valence-corrected chi connectivity index (χ3v) is 7.42. The normalized spacial score (nSPS) is 18.8. The number of hydrogen-bond acceptors (Lipinski definition) is 7. The zero-order valence-electron chi connectivity index (χ0n) is 21.8. The van der Waals surface area contributed by atoms with E-state index in [-0.39, 0.29) is 17.2 Å². The Labute approximate surface area is 213 Å². The SMILES string of the molecule is CCCCSc1nc2n(n1)C(c1ccc(OCCC(C)C)c(OC)c1)C1=C(CC(C)(C)CC1=O)N2. The van der Waals surface area contributed by atoms with E-state index < -0.39 is 0 Å². The van der Waals surface area contributed by atoms with Crippen molar-refractivity contribution in [2.45, 2.75) is 77.9 Å². The van der Waals surface area contributed by atoms with E-state index in [1.165, 1.54) is 0 Å². The van der Waals surface area contributed by atoms with Gasteiger partial charge in [-0.1, -0.05) is 58.9 Å². The molecule has 2 aromatic rings. The molecule has 1 atom stereocenters. The second-order valence-electron chi connectivity index (χ2n) is 10.7. The molecule has 4 rings (SSSR count). The Bertz CT molecular complexity index is 1110. The fraction of sp³-hybridized carbons (Fsp3) is 0.593. The Morgan fingerprint density at radius 3 is 2.77 bits per heavy atom. The van der Waals surface area contributed by atoms with Crippen molar-refractivity contribution in [3.8, 4) is 11.5 Å². The number of Topliss-reactive ketones (excluding diaryl/α,β-unsaturated/α-hetero) is 1. The summed E-state index contributed by atoms with van der Waals surface area (Å²) >= 11 is 1.66. The van der Waals surface area contributed by atoms with Crippen molar-refractivity contribution in [2.24, 2.45) is 11.3 Å². The fourth-order valence-electron chi connectivity index (χ4n) is 4.64. The van der Waals surface area contributed by atoms with Crippen LogP contribution in [0.5, 0.6) is 11.5 Å². The molecule has 0 amide bonds. The molecule has 1 aliphatic carbocycles. The lowest BCUT2D eigenvalue weighted by molar-refractivity contribution is -0.118. The van der Waals surface area contributed by atoms with Gasteiger partial charge in [-0.3, -0.25) is 4.79 Å². The topological polar surface area (TPSA) is 78.3 Å². The molecule has 8 heteroatoms. The van der Waals surface area contributed by atoms with Crippen molar-refractivity contribution in [1.29, 1.82) is 0 Å². The zero-order chi connectivity index (χ0) is 25.2. The molecular formula is C27H38N4O3S. The standard InChI is InChI=1S/C27H38N4O3S/c1-7-8-13-35-26-29-25-28-19-15-27(4,5)16-20(32)23(19)24(31(25)30-26)18-9-10-21(22(14-18)33-6)34-12-11-17(2)3/h9-10,14,17,24H,7-8,11-13,15-16H2,1-6H3,(H,28,29,30). The van der Waals surface area contributed by atoms with E-state index in [1.54, 1.807) is 18.9 Å². The van der Waals surface area contributed by atoms with E-state index >= 15 is 0 Å². The van der Waals surface area contributed by atoms with E-state index in [2.05, 4.69) is 39.9 Å². The maximum Gasteiger partial charge on any atom is 0.227 e. The number of ketones is 1. The van der Waals surface area contributed by atoms with Crippen LogP contribution in [0.1, 0.15) is 78.3 Å². The third-order valence-electron chi connectivity index (χ3n) is 6.50. The minimum atomic E-state index is -0.350. The number of rotatable bonds is 10. The summed E-state index contributed by atoms with van der Waals surface area (Å²) in [6.45, 7) is 11.5. The first kappa shape index (κ1) is 25.6. The lowest BCUT2D eigenvalue weighted by Crippen LogP contribution is -2.36. The third kappa shape index (κ3) is 5.68. The molecule has 1 N–H and O–H groups in total. The molecule has 35 heavy (non-hydrogen) atoms. The molecule has 1 aromatic carbocycles. The van der Waals surface area contributed by atoms with Gasteiger partial charge in [0.15, 0.2) is 17.3 Å². The van der Waals surface area contributed by atoms with Crippen molar-refractivity contribution in [1.82, 2.24) is 14.8 Å². The van der Waals surface area contributed by atoms with Crippen LogP contribution in [0.2, 0.25) is 0 Å². The average Bonchev–Trinajstić information content (AvgIpc) is 3.19. The summed E-state index contributed by atoms with van der Waals surface area (Å²) in [4.78, 5) is 18.2. The fourth-order valence-corrected chi connectivity index (χ4v) is 5.56. The first-order valence-electron chi connectivity index (χ1n) is 12.7. The van der Waals surface area contributed by atoms with Crippen LogP contribution in [0, 0.1) is 11.3 Å². The van der Waals surface area contributed by atoms with E-state index in [4.69, 9.17) is 19.6 Å². The van der Waals surface area contributed by atoms with Crippen LogP contribution in [-0.2, 0) is 4.79 Å². The highest BCUT2D eigenvalue weighted by atomic mass is 32.2. The van der Waals surface area contributed by atoms with Crippen molar-refractivity contribution >= 4 is 23.5 Å². The van der Waals surface area contributed by atoms with Crippen LogP contribution in [-0.4, -0.2) is 40.0 Å². The molecule has 1 unspecified atom stereocenters. The van der Waals surface area contributed by atoms with Gasteiger partial charge in [-0.2, -0.15) is 4.98 Å². The maximum atomic E-state index is 13.5. The van der Waals surface area contributed by atoms with Crippen LogP contribution >= 0.6 is 11.8 Å². The minimum absolute atomic E-state index is 0.0971. The largest absolute Gasteiger partial charge is 0.493 e. The summed E-state index contributed by atoms with van der Waals surface area (Å²) in [6.07, 6.45) is 4.53. The van der Waals surface area contributed by atoms with Crippen LogP contribution < -0.4 is 14.8 Å². The first-order chi connectivity index (χ1) is 16.7. The molecule has 0 spiro atoms. The number of carbonyl (C=O) groups excluding carboxylic acids is 1. The van der Waals surface area contributed by atoms with Crippen molar-refractivity contribution in [3.63, 3.8) is 0 Å². The quantitative estimate of drug-likeness (QED) is 0.306. The molecule has 190 valence electrons. The molecule has 0 fully saturated rings. The first-order valence-corrected chi connectivity index (χ1v) is 13.6. The van der Waals surface area contributed by atoms with E-state index in [9.17, 15) is 4.79 Å². The lowest BCUT2D eigenvalue weighted by atomic mass is 9.73. The molecular weight excluding hydrogens is 460 g/mol. The number of carbonyl (C=O) groups is 1. The van der Waals surface area contributed by atoms with Gasteiger partial charge in [0.1, 0.15) is 6.04 Å². The number of methoxy groups -OCH3 is 1. The molecule has 0 saturated carbocycles. The number of fused-ring (bicyclic) bond motifs is 1. The molecule has 2 aliphatic rings. The Hall–Kier alpha value is -2.48. The minimum Gasteiger partial charge on any atom is -0.493 e. The number of anilines is 1. The van der Waals surface area contributed by atoms with Crippen LogP contribution in [0.3, 0.4) is 0 Å². The highest BCUT2D eigenvalue weighted by Crippen LogP contribution is 2.46. The Morgan fingerprint density at radius 2 is 2.06 bits per heavy atom. The van der Waals surface area contributed by atoms with Gasteiger partial charge in [-0.15, -0.1) is 5.10 Å². The number of nitrogens with one attached hydrogen (secondary N) is 1. The molecule has 0 bridgehead atoms. The number of ether oxygens (including phenoxy) is 2. The van der Waals surface area contributed by atoms with Gasteiger partial charge in [-0.05, 0) is 48.3 Å². The van der Waals surface area contributed by atoms with E-state index in [1.807, 2.05) is 22.9 Å². The summed E-state index contributed by atoms with van der Waals surface area (Å²) in [5.41, 5.74) is 2.58. The van der Waals surface area contributed by atoms with Gasteiger partial charge in [0.05, 0.1) is 13.7 Å². The lowest BCUT2D eigenvalue weighted by Gasteiger charge is -2.38. The number of aromatic nitrogens is 3. The Kier molecular flexibility index (Phi) is 7.79. The summed E-state index contributed by atoms with van der Waals surface area (Å²) in [5, 5.41) is 9.02. The number of hydrogen-bond donors (Lipinski definition) is 1. The van der Waals surface area contributed by atoms with Gasteiger partial charge in [-0.25, -0.2) is 4.68 Å². The van der Waals surface area contributed by atoms with E-state index in [0.717, 1.165) is 53.4 Å². The van der Waals surface area contributed by atoms with Crippen molar-refractivity contribution in [3.05, 3.63) is 35.0 Å². The van der Waals surface area contributed by atoms with Gasteiger partial charge >= 0.3 is 0 Å². The summed E-state index contributed by atoms with van der Waals surface area (Å²) in [7, 11) is 1.65. The van der Waals surface area contributed by atoms with Crippen molar-refractivity contribution < 1.29 is 14.3 Å². The Morgan fingerprint density at radius 1 is 1.26 bits per heavy atom. The van der Waals surface area contributed by atoms with Crippen LogP contribution in [0.4, 0.5) is 5.95 Å². The summed E-state index contributed by atoms with van der Waals surface area (Å²) in [6, 6.07) is 5.60. The van der Waals surface area contributed by atoms with Crippen molar-refractivity contribution in [2.75, 3.05) is 24.8 Å². The average molecular weight is 499 g/mol. The highest BCUT2D eigenvalue weighted by molar-refractivity contribution is 7.99. The summed E-state index contributed by atoms with van der Waals surface area (Å²) < 4.78 is 13.6. The maximum absolute atomic E-state index is 13.5. The second-order valence-corrected chi connectivity index (χ2v) is 11.7. The predicted octanol–water partition coefficient (Wildman–Crippen LogP) is 6.26. The molecule has 1 aliphatic heterocycles. The zero-order valence-corrected chi connectivity index (χ0v) is 22.6. The Balaban J connectivity index is 1.73. The monoisotopic (exact) mass is 498 g/mol. The van der Waals surface area contributed by atoms with E-state index in [0.29, 0.717) is 36.4 Å². The smallest absolute Gasteiger partial charge is 0.227 e. The molecule has 1 aromatic heterocycles. The van der Waals surface area contributed by atoms with Crippen LogP contribution in [0.15, 0.2) is 34.6 Å². The van der Waals surface area contributed by atoms with Gasteiger partial charge in [0, 0.05) is 23.4 Å². The molecule has 0 radical (unpaired) electrons. The number of nitrogens with zero attached hydrogens (tertiary/aromatic N) is 3. The molecule has 2 heterocycles. The van der Waals surface area contributed by atoms with Crippen LogP contribution in [0.25, 0.3) is 0 Å². The highest BCUT2D eigenvalue weighted by Gasteiger charge is 2.42. The number of unbranched alkanes of at least 4 members (excludes halogenated alkanes) is 1. The second kappa shape index (κ2) is 10.6. The number of benzene rings is 1. The molecule has 7 nitrogen and oxygen atoms in total. The number of thioether (sulfide) groups is 1.